The fraction of sp³-hybridized carbons (Fsp3) is 0.533. The first-order chi connectivity index (χ1) is 9.08. The van der Waals surface area contributed by atoms with Gasteiger partial charge in [0.1, 0.15) is 0 Å². The van der Waals surface area contributed by atoms with Crippen molar-refractivity contribution in [2.24, 2.45) is 0 Å². The maximum Gasteiger partial charge on any atom is 0.251 e. The lowest BCUT2D eigenvalue weighted by atomic mass is 10.1. The topological polar surface area (TPSA) is 32.3 Å². The Labute approximate surface area is 123 Å². The minimum absolute atomic E-state index is 0.0154. The number of amides is 1. The highest BCUT2D eigenvalue weighted by atomic mass is 79.9. The van der Waals surface area contributed by atoms with Gasteiger partial charge >= 0.3 is 0 Å². The van der Waals surface area contributed by atoms with E-state index in [4.69, 9.17) is 0 Å². The molecule has 1 atom stereocenters. The zero-order chi connectivity index (χ0) is 13.8. The number of hydrogen-bond acceptors (Lipinski definition) is 2. The average Bonchev–Trinajstić information content (AvgIpc) is 2.92. The lowest BCUT2D eigenvalue weighted by Crippen LogP contribution is -2.40. The molecule has 1 aliphatic heterocycles. The number of hydrogen-bond donors (Lipinski definition) is 1. The van der Waals surface area contributed by atoms with Gasteiger partial charge in [-0.3, -0.25) is 9.69 Å². The van der Waals surface area contributed by atoms with E-state index in [1.807, 2.05) is 25.1 Å². The van der Waals surface area contributed by atoms with E-state index >= 15 is 0 Å². The Hall–Kier alpha value is -0.870. The minimum atomic E-state index is 0.0154. The highest BCUT2D eigenvalue weighted by Gasteiger charge is 2.18. The molecule has 3 nitrogen and oxygen atoms in total. The van der Waals surface area contributed by atoms with Gasteiger partial charge in [-0.1, -0.05) is 15.9 Å². The average molecular weight is 325 g/mol. The molecule has 0 aliphatic carbocycles. The third-order valence-electron chi connectivity index (χ3n) is 3.74. The standard InChI is InChI=1S/C15H21BrN2O/c1-11-9-13(5-6-14(11)16)15(19)17-10-12(2)18-7-3-4-8-18/h5-6,9,12H,3-4,7-8,10H2,1-2H3,(H,17,19). The summed E-state index contributed by atoms with van der Waals surface area (Å²) in [4.78, 5) is 14.5. The molecule has 2 rings (SSSR count). The van der Waals surface area contributed by atoms with Crippen LogP contribution < -0.4 is 5.32 Å². The third-order valence-corrected chi connectivity index (χ3v) is 4.63. The Kier molecular flexibility index (Phi) is 4.99. The Morgan fingerprint density at radius 1 is 1.42 bits per heavy atom. The molecule has 1 heterocycles. The van der Waals surface area contributed by atoms with Crippen LogP contribution in [0, 0.1) is 6.92 Å². The van der Waals surface area contributed by atoms with Crippen LogP contribution in [-0.4, -0.2) is 36.5 Å². The van der Waals surface area contributed by atoms with Crippen molar-refractivity contribution in [3.63, 3.8) is 0 Å². The van der Waals surface area contributed by atoms with Crippen molar-refractivity contribution in [2.45, 2.75) is 32.7 Å². The van der Waals surface area contributed by atoms with E-state index in [0.29, 0.717) is 12.6 Å². The van der Waals surface area contributed by atoms with Crippen LogP contribution in [0.25, 0.3) is 0 Å². The zero-order valence-corrected chi connectivity index (χ0v) is 13.2. The molecule has 1 aromatic carbocycles. The summed E-state index contributed by atoms with van der Waals surface area (Å²) in [6.45, 7) is 7.21. The molecule has 4 heteroatoms. The Bertz CT molecular complexity index is 455. The number of carbonyl (C=O) groups is 1. The van der Waals surface area contributed by atoms with E-state index in [1.165, 1.54) is 12.8 Å². The van der Waals surface area contributed by atoms with E-state index < -0.39 is 0 Å². The Balaban J connectivity index is 1.88. The van der Waals surface area contributed by atoms with E-state index in [1.54, 1.807) is 0 Å². The van der Waals surface area contributed by atoms with Crippen LogP contribution >= 0.6 is 15.9 Å². The summed E-state index contributed by atoms with van der Waals surface area (Å²) < 4.78 is 1.04. The highest BCUT2D eigenvalue weighted by molar-refractivity contribution is 9.10. The van der Waals surface area contributed by atoms with Gasteiger partial charge in [-0.25, -0.2) is 0 Å². The molecule has 0 radical (unpaired) electrons. The molecule has 1 amide bonds. The second-order valence-electron chi connectivity index (χ2n) is 5.27. The fourth-order valence-corrected chi connectivity index (χ4v) is 2.69. The van der Waals surface area contributed by atoms with Crippen LogP contribution in [0.4, 0.5) is 0 Å². The first-order valence-electron chi connectivity index (χ1n) is 6.86. The van der Waals surface area contributed by atoms with Gasteiger partial charge in [-0.2, -0.15) is 0 Å². The molecular weight excluding hydrogens is 304 g/mol. The number of nitrogens with zero attached hydrogens (tertiary/aromatic N) is 1. The molecule has 1 saturated heterocycles. The number of carbonyl (C=O) groups excluding carboxylic acids is 1. The van der Waals surface area contributed by atoms with Crippen LogP contribution in [0.1, 0.15) is 35.7 Å². The molecule has 0 spiro atoms. The van der Waals surface area contributed by atoms with Crippen molar-refractivity contribution in [3.05, 3.63) is 33.8 Å². The Morgan fingerprint density at radius 2 is 2.11 bits per heavy atom. The van der Waals surface area contributed by atoms with Gasteiger partial charge in [-0.15, -0.1) is 0 Å². The van der Waals surface area contributed by atoms with Crippen molar-refractivity contribution < 1.29 is 4.79 Å². The molecule has 1 aromatic rings. The lowest BCUT2D eigenvalue weighted by molar-refractivity contribution is 0.0940. The van der Waals surface area contributed by atoms with Crippen molar-refractivity contribution in [2.75, 3.05) is 19.6 Å². The third kappa shape index (κ3) is 3.80. The molecule has 0 aromatic heterocycles. The molecule has 1 fully saturated rings. The number of halogens is 1. The number of nitrogens with one attached hydrogen (secondary N) is 1. The molecular formula is C15H21BrN2O. The molecule has 0 bridgehead atoms. The van der Waals surface area contributed by atoms with Crippen LogP contribution in [0.15, 0.2) is 22.7 Å². The van der Waals surface area contributed by atoms with E-state index in [9.17, 15) is 4.79 Å². The van der Waals surface area contributed by atoms with Crippen LogP contribution in [-0.2, 0) is 0 Å². The number of aryl methyl sites for hydroxylation is 1. The van der Waals surface area contributed by atoms with Gasteiger partial charge < -0.3 is 5.32 Å². The van der Waals surface area contributed by atoms with Crippen molar-refractivity contribution in [1.82, 2.24) is 10.2 Å². The quantitative estimate of drug-likeness (QED) is 0.923. The van der Waals surface area contributed by atoms with Crippen LogP contribution in [0.2, 0.25) is 0 Å². The Morgan fingerprint density at radius 3 is 2.74 bits per heavy atom. The van der Waals surface area contributed by atoms with Crippen molar-refractivity contribution >= 4 is 21.8 Å². The second kappa shape index (κ2) is 6.53. The molecule has 1 N–H and O–H groups in total. The highest BCUT2D eigenvalue weighted by Crippen LogP contribution is 2.17. The predicted octanol–water partition coefficient (Wildman–Crippen LogP) is 2.97. The maximum absolute atomic E-state index is 12.1. The first-order valence-corrected chi connectivity index (χ1v) is 7.65. The maximum atomic E-state index is 12.1. The summed E-state index contributed by atoms with van der Waals surface area (Å²) in [7, 11) is 0. The molecule has 1 aliphatic rings. The fourth-order valence-electron chi connectivity index (χ4n) is 2.44. The van der Waals surface area contributed by atoms with Gasteiger partial charge in [0, 0.05) is 22.6 Å². The predicted molar refractivity (Wildman–Crippen MR) is 81.5 cm³/mol. The zero-order valence-electron chi connectivity index (χ0n) is 11.6. The SMILES string of the molecule is Cc1cc(C(=O)NCC(C)N2CCCC2)ccc1Br. The number of rotatable bonds is 4. The molecule has 0 saturated carbocycles. The molecule has 1 unspecified atom stereocenters. The molecule has 104 valence electrons. The summed E-state index contributed by atoms with van der Waals surface area (Å²) in [6, 6.07) is 6.11. The normalized spacial score (nSPS) is 17.4. The van der Waals surface area contributed by atoms with Gasteiger partial charge in [-0.05, 0) is 63.5 Å². The lowest BCUT2D eigenvalue weighted by Gasteiger charge is -2.23. The number of benzene rings is 1. The summed E-state index contributed by atoms with van der Waals surface area (Å²) in [5, 5.41) is 3.03. The van der Waals surface area contributed by atoms with Gasteiger partial charge in [0.15, 0.2) is 0 Å². The second-order valence-corrected chi connectivity index (χ2v) is 6.12. The summed E-state index contributed by atoms with van der Waals surface area (Å²) in [5.41, 5.74) is 1.81. The van der Waals surface area contributed by atoms with Crippen LogP contribution in [0.3, 0.4) is 0 Å². The van der Waals surface area contributed by atoms with Gasteiger partial charge in [0.05, 0.1) is 0 Å². The van der Waals surface area contributed by atoms with E-state index in [-0.39, 0.29) is 5.91 Å². The summed E-state index contributed by atoms with van der Waals surface area (Å²) in [5.74, 6) is 0.0154. The van der Waals surface area contributed by atoms with E-state index in [2.05, 4.69) is 33.1 Å². The minimum Gasteiger partial charge on any atom is -0.350 e. The van der Waals surface area contributed by atoms with Crippen molar-refractivity contribution in [3.8, 4) is 0 Å². The van der Waals surface area contributed by atoms with Crippen LogP contribution in [0.5, 0.6) is 0 Å². The number of likely N-dealkylation sites (tertiary alicyclic amines) is 1. The smallest absolute Gasteiger partial charge is 0.251 e. The van der Waals surface area contributed by atoms with Crippen molar-refractivity contribution in [1.29, 1.82) is 0 Å². The summed E-state index contributed by atoms with van der Waals surface area (Å²) in [6.07, 6.45) is 2.56. The monoisotopic (exact) mass is 324 g/mol. The first kappa shape index (κ1) is 14.5. The summed E-state index contributed by atoms with van der Waals surface area (Å²) >= 11 is 3.45. The molecule has 19 heavy (non-hydrogen) atoms. The largest absolute Gasteiger partial charge is 0.350 e. The van der Waals surface area contributed by atoms with Gasteiger partial charge in [0.25, 0.3) is 5.91 Å². The van der Waals surface area contributed by atoms with Gasteiger partial charge in [0.2, 0.25) is 0 Å². The van der Waals surface area contributed by atoms with E-state index in [0.717, 1.165) is 28.7 Å².